The van der Waals surface area contributed by atoms with E-state index in [0.29, 0.717) is 5.56 Å². The Morgan fingerprint density at radius 1 is 1.26 bits per heavy atom. The predicted molar refractivity (Wildman–Crippen MR) is 97.8 cm³/mol. The number of aliphatic hydroxyl groups excluding tert-OH is 2. The summed E-state index contributed by atoms with van der Waals surface area (Å²) in [6, 6.07) is 5.79. The number of aliphatic hydroxyl groups is 2. The fraction of sp³-hybridized carbons (Fsp3) is 0.278. The maximum absolute atomic E-state index is 11.1. The highest BCUT2D eigenvalue weighted by atomic mass is 32.2. The third-order valence-electron chi connectivity index (χ3n) is 3.13. The van der Waals surface area contributed by atoms with E-state index in [2.05, 4.69) is 16.6 Å². The topological polar surface area (TPSA) is 136 Å². The van der Waals surface area contributed by atoms with Gasteiger partial charge in [-0.2, -0.15) is 0 Å². The van der Waals surface area contributed by atoms with Crippen LogP contribution in [-0.4, -0.2) is 57.1 Å². The maximum Gasteiger partial charge on any atom is 0.331 e. The Labute approximate surface area is 158 Å². The SMILES string of the molecule is COC(=O)COC[C@H](O)[C@H](O)/C=C/C=C/C#Cc1ccc(S(N)(=O)=O)cc1. The highest BCUT2D eigenvalue weighted by molar-refractivity contribution is 7.89. The molecule has 0 amide bonds. The van der Waals surface area contributed by atoms with Crippen LogP contribution in [0, 0.1) is 11.8 Å². The second-order valence-electron chi connectivity index (χ2n) is 5.23. The van der Waals surface area contributed by atoms with Crippen LogP contribution in [0.3, 0.4) is 0 Å². The second kappa shape index (κ2) is 11.3. The van der Waals surface area contributed by atoms with Gasteiger partial charge in [-0.05, 0) is 30.3 Å². The van der Waals surface area contributed by atoms with Crippen LogP contribution in [0.1, 0.15) is 5.56 Å². The van der Waals surface area contributed by atoms with Crippen molar-refractivity contribution in [3.05, 3.63) is 54.1 Å². The highest BCUT2D eigenvalue weighted by Crippen LogP contribution is 2.07. The summed E-state index contributed by atoms with van der Waals surface area (Å²) in [6.45, 7) is -0.531. The number of carbonyl (C=O) groups excluding carboxylic acids is 1. The van der Waals surface area contributed by atoms with Crippen molar-refractivity contribution in [1.82, 2.24) is 0 Å². The van der Waals surface area contributed by atoms with Gasteiger partial charge < -0.3 is 19.7 Å². The molecule has 0 aliphatic heterocycles. The lowest BCUT2D eigenvalue weighted by Gasteiger charge is -2.13. The van der Waals surface area contributed by atoms with Gasteiger partial charge in [0.2, 0.25) is 10.0 Å². The molecule has 4 N–H and O–H groups in total. The van der Waals surface area contributed by atoms with Crippen molar-refractivity contribution >= 4 is 16.0 Å². The molecule has 1 aromatic carbocycles. The first-order valence-electron chi connectivity index (χ1n) is 7.72. The van der Waals surface area contributed by atoms with Crippen molar-refractivity contribution in [2.45, 2.75) is 17.1 Å². The summed E-state index contributed by atoms with van der Waals surface area (Å²) < 4.78 is 31.5. The molecule has 8 nitrogen and oxygen atoms in total. The van der Waals surface area contributed by atoms with Crippen molar-refractivity contribution < 1.29 is 32.9 Å². The van der Waals surface area contributed by atoms with Crippen molar-refractivity contribution in [3.63, 3.8) is 0 Å². The zero-order chi connectivity index (χ0) is 20.3. The minimum atomic E-state index is -3.73. The number of allylic oxidation sites excluding steroid dienone is 3. The number of benzene rings is 1. The molecular weight excluding hydrogens is 374 g/mol. The van der Waals surface area contributed by atoms with Crippen molar-refractivity contribution in [1.29, 1.82) is 0 Å². The molecule has 0 fully saturated rings. The Kier molecular flexibility index (Phi) is 9.42. The van der Waals surface area contributed by atoms with E-state index in [9.17, 15) is 23.4 Å². The quantitative estimate of drug-likeness (QED) is 0.312. The number of esters is 1. The average molecular weight is 395 g/mol. The number of ether oxygens (including phenoxy) is 2. The van der Waals surface area contributed by atoms with E-state index in [-0.39, 0.29) is 18.1 Å². The Bertz CT molecular complexity index is 833. The van der Waals surface area contributed by atoms with Crippen LogP contribution >= 0.6 is 0 Å². The van der Waals surface area contributed by atoms with E-state index >= 15 is 0 Å². The number of rotatable bonds is 8. The summed E-state index contributed by atoms with van der Waals surface area (Å²) in [5, 5.41) is 24.4. The maximum atomic E-state index is 11.1. The van der Waals surface area contributed by atoms with Crippen molar-refractivity contribution in [3.8, 4) is 11.8 Å². The molecule has 146 valence electrons. The van der Waals surface area contributed by atoms with Gasteiger partial charge in [-0.15, -0.1) is 0 Å². The van der Waals surface area contributed by atoms with E-state index in [0.717, 1.165) is 0 Å². The number of hydrogen-bond acceptors (Lipinski definition) is 7. The molecule has 2 atom stereocenters. The lowest BCUT2D eigenvalue weighted by molar-refractivity contribution is -0.147. The minimum Gasteiger partial charge on any atom is -0.467 e. The van der Waals surface area contributed by atoms with Crippen LogP contribution in [0.25, 0.3) is 0 Å². The van der Waals surface area contributed by atoms with Gasteiger partial charge in [0.05, 0.1) is 18.6 Å². The summed E-state index contributed by atoms with van der Waals surface area (Å²) in [7, 11) is -2.51. The molecule has 0 aliphatic rings. The molecule has 0 radical (unpaired) electrons. The first kappa shape index (κ1) is 22.6. The van der Waals surface area contributed by atoms with Crippen molar-refractivity contribution in [2.75, 3.05) is 20.3 Å². The molecular formula is C18H21NO7S. The number of primary sulfonamides is 1. The number of sulfonamides is 1. The molecule has 1 aromatic rings. The van der Waals surface area contributed by atoms with E-state index in [4.69, 9.17) is 9.88 Å². The molecule has 0 heterocycles. The number of hydrogen-bond donors (Lipinski definition) is 3. The second-order valence-corrected chi connectivity index (χ2v) is 6.79. The highest BCUT2D eigenvalue weighted by Gasteiger charge is 2.13. The molecule has 0 spiro atoms. The predicted octanol–water partition coefficient (Wildman–Crippen LogP) is -0.291. The van der Waals surface area contributed by atoms with Crippen LogP contribution in [0.4, 0.5) is 0 Å². The van der Waals surface area contributed by atoms with Gasteiger partial charge in [0.1, 0.15) is 18.8 Å². The summed E-state index contributed by atoms with van der Waals surface area (Å²) in [4.78, 5) is 10.8. The molecule has 0 bridgehead atoms. The van der Waals surface area contributed by atoms with Gasteiger partial charge in [0.15, 0.2) is 0 Å². The first-order chi connectivity index (χ1) is 12.7. The number of nitrogens with two attached hydrogens (primary N) is 1. The van der Waals surface area contributed by atoms with Gasteiger partial charge >= 0.3 is 5.97 Å². The fourth-order valence-corrected chi connectivity index (χ4v) is 2.20. The van der Waals surface area contributed by atoms with Gasteiger partial charge in [-0.1, -0.05) is 30.1 Å². The third kappa shape index (κ3) is 9.14. The summed E-state index contributed by atoms with van der Waals surface area (Å²) in [5.74, 6) is 4.95. The van der Waals surface area contributed by atoms with Crippen LogP contribution in [0.2, 0.25) is 0 Å². The van der Waals surface area contributed by atoms with Gasteiger partial charge in [0, 0.05) is 5.56 Å². The largest absolute Gasteiger partial charge is 0.467 e. The normalized spacial score (nSPS) is 13.9. The van der Waals surface area contributed by atoms with Crippen molar-refractivity contribution in [2.24, 2.45) is 5.14 Å². The smallest absolute Gasteiger partial charge is 0.331 e. The third-order valence-corrected chi connectivity index (χ3v) is 4.06. The number of methoxy groups -OCH3 is 1. The lowest BCUT2D eigenvalue weighted by atomic mass is 10.2. The van der Waals surface area contributed by atoms with Gasteiger partial charge in [0.25, 0.3) is 0 Å². The Morgan fingerprint density at radius 2 is 1.93 bits per heavy atom. The molecule has 0 saturated heterocycles. The molecule has 9 heteroatoms. The number of carbonyl (C=O) groups is 1. The Balaban J connectivity index is 2.45. The van der Waals surface area contributed by atoms with E-state index < -0.39 is 28.2 Å². The van der Waals surface area contributed by atoms with Gasteiger partial charge in [-0.25, -0.2) is 18.4 Å². The van der Waals surface area contributed by atoms with Crippen LogP contribution in [0.15, 0.2) is 53.5 Å². The van der Waals surface area contributed by atoms with Gasteiger partial charge in [-0.3, -0.25) is 0 Å². The first-order valence-corrected chi connectivity index (χ1v) is 9.27. The summed E-state index contributed by atoms with van der Waals surface area (Å²) in [5.41, 5.74) is 0.606. The van der Waals surface area contributed by atoms with E-state index in [1.54, 1.807) is 6.08 Å². The zero-order valence-electron chi connectivity index (χ0n) is 14.6. The van der Waals surface area contributed by atoms with Crippen LogP contribution < -0.4 is 5.14 Å². The standard InChI is InChI=1S/C18H21NO7S/c1-25-18(22)13-26-12-17(21)16(20)7-5-3-2-4-6-14-8-10-15(11-9-14)27(19,23)24/h2-3,5,7-11,16-17,20-21H,12-13H2,1H3,(H2,19,23,24)/b3-2+,7-5+/t16-,17+/m1/s1. The molecule has 27 heavy (non-hydrogen) atoms. The van der Waals surface area contributed by atoms with Crippen LogP contribution in [0.5, 0.6) is 0 Å². The molecule has 0 saturated carbocycles. The minimum absolute atomic E-state index is 0.00892. The average Bonchev–Trinajstić information content (AvgIpc) is 2.63. The summed E-state index contributed by atoms with van der Waals surface area (Å²) >= 11 is 0. The van der Waals surface area contributed by atoms with E-state index in [1.165, 1.54) is 49.6 Å². The Morgan fingerprint density at radius 3 is 2.52 bits per heavy atom. The van der Waals surface area contributed by atoms with E-state index in [1.807, 2.05) is 0 Å². The summed E-state index contributed by atoms with van der Waals surface area (Å²) in [6.07, 6.45) is 3.53. The van der Waals surface area contributed by atoms with Crippen LogP contribution in [-0.2, 0) is 24.3 Å². The molecule has 0 aliphatic carbocycles. The fourth-order valence-electron chi connectivity index (χ4n) is 1.68. The lowest BCUT2D eigenvalue weighted by Crippen LogP contribution is -2.30. The monoisotopic (exact) mass is 395 g/mol. The molecule has 1 rings (SSSR count). The Hall–Kier alpha value is -2.48. The molecule has 0 aromatic heterocycles. The zero-order valence-corrected chi connectivity index (χ0v) is 15.4. The molecule has 0 unspecified atom stereocenters.